The highest BCUT2D eigenvalue weighted by atomic mass is 32.1. The van der Waals surface area contributed by atoms with Crippen LogP contribution in [0, 0.1) is 0 Å². The van der Waals surface area contributed by atoms with Crippen molar-refractivity contribution in [1.29, 1.82) is 0 Å². The first-order valence-electron chi connectivity index (χ1n) is 7.83. The van der Waals surface area contributed by atoms with Crippen LogP contribution in [0.1, 0.15) is 4.88 Å². The predicted octanol–water partition coefficient (Wildman–Crippen LogP) is 3.48. The van der Waals surface area contributed by atoms with Gasteiger partial charge in [-0.2, -0.15) is 0 Å². The molecular weight excluding hydrogens is 352 g/mol. The van der Waals surface area contributed by atoms with Crippen molar-refractivity contribution >= 4 is 34.6 Å². The van der Waals surface area contributed by atoms with E-state index >= 15 is 0 Å². The number of benzene rings is 1. The minimum atomic E-state index is -0.128. The average Bonchev–Trinajstić information content (AvgIpc) is 3.16. The normalized spacial score (nSPS) is 10.2. The van der Waals surface area contributed by atoms with Crippen LogP contribution >= 0.6 is 11.3 Å². The van der Waals surface area contributed by atoms with Gasteiger partial charge in [-0.15, -0.1) is 21.5 Å². The Morgan fingerprint density at radius 2 is 1.88 bits per heavy atom. The molecule has 0 spiro atoms. The van der Waals surface area contributed by atoms with Crippen LogP contribution in [0.25, 0.3) is 0 Å². The number of carbonyl (C=O) groups excluding carboxylic acids is 1. The van der Waals surface area contributed by atoms with Gasteiger partial charge in [-0.3, -0.25) is 4.79 Å². The Hall–Kier alpha value is -3.13. The molecular formula is C18H18N4O3S. The molecule has 3 aromatic rings. The molecule has 0 aliphatic rings. The van der Waals surface area contributed by atoms with Crippen LogP contribution in [0.3, 0.4) is 0 Å². The molecule has 0 fully saturated rings. The molecule has 0 saturated carbocycles. The zero-order valence-corrected chi connectivity index (χ0v) is 15.2. The van der Waals surface area contributed by atoms with Gasteiger partial charge in [0.2, 0.25) is 5.91 Å². The number of rotatable bonds is 7. The molecule has 0 radical (unpaired) electrons. The van der Waals surface area contributed by atoms with Crippen molar-refractivity contribution < 1.29 is 14.3 Å². The van der Waals surface area contributed by atoms with Gasteiger partial charge in [0, 0.05) is 10.9 Å². The van der Waals surface area contributed by atoms with Crippen molar-refractivity contribution in [2.75, 3.05) is 24.9 Å². The molecule has 0 bridgehead atoms. The summed E-state index contributed by atoms with van der Waals surface area (Å²) >= 11 is 1.54. The number of carbonyl (C=O) groups is 1. The molecule has 0 atom stereocenters. The molecule has 26 heavy (non-hydrogen) atoms. The van der Waals surface area contributed by atoms with E-state index in [0.29, 0.717) is 35.2 Å². The highest BCUT2D eigenvalue weighted by Crippen LogP contribution is 2.30. The van der Waals surface area contributed by atoms with Gasteiger partial charge >= 0.3 is 0 Å². The van der Waals surface area contributed by atoms with Crippen LogP contribution in [0.2, 0.25) is 0 Å². The Morgan fingerprint density at radius 1 is 1.08 bits per heavy atom. The fraction of sp³-hybridized carbons (Fsp3) is 0.167. The second kappa shape index (κ2) is 8.30. The van der Waals surface area contributed by atoms with Crippen LogP contribution in [0.5, 0.6) is 11.5 Å². The summed E-state index contributed by atoms with van der Waals surface area (Å²) in [5, 5.41) is 15.9. The Morgan fingerprint density at radius 3 is 2.54 bits per heavy atom. The number of methoxy groups -OCH3 is 2. The number of thiophene rings is 1. The highest BCUT2D eigenvalue weighted by Gasteiger charge is 2.09. The number of nitrogens with zero attached hydrogens (tertiary/aromatic N) is 2. The zero-order chi connectivity index (χ0) is 18.4. The van der Waals surface area contributed by atoms with E-state index in [2.05, 4.69) is 20.8 Å². The minimum Gasteiger partial charge on any atom is -0.497 e. The number of hydrogen-bond donors (Lipinski definition) is 2. The molecule has 134 valence electrons. The summed E-state index contributed by atoms with van der Waals surface area (Å²) in [5.74, 6) is 2.14. The Bertz CT molecular complexity index is 867. The standard InChI is InChI=1S/C18H18N4O3S/c1-24-12-5-6-15(25-2)14(10-12)19-16-7-8-17(22-21-16)20-18(23)11-13-4-3-9-26-13/h3-10H,11H2,1-2H3,(H,19,21)(H,20,22,23). The lowest BCUT2D eigenvalue weighted by Crippen LogP contribution is -2.15. The first-order valence-corrected chi connectivity index (χ1v) is 8.71. The summed E-state index contributed by atoms with van der Waals surface area (Å²) < 4.78 is 10.5. The van der Waals surface area contributed by atoms with E-state index in [-0.39, 0.29) is 5.91 Å². The van der Waals surface area contributed by atoms with Gasteiger partial charge < -0.3 is 20.1 Å². The lowest BCUT2D eigenvalue weighted by atomic mass is 10.2. The Balaban J connectivity index is 1.65. The molecule has 1 aromatic carbocycles. The molecule has 2 N–H and O–H groups in total. The largest absolute Gasteiger partial charge is 0.497 e. The zero-order valence-electron chi connectivity index (χ0n) is 14.4. The molecule has 0 unspecified atom stereocenters. The van der Waals surface area contributed by atoms with Crippen LogP contribution in [-0.4, -0.2) is 30.3 Å². The summed E-state index contributed by atoms with van der Waals surface area (Å²) in [6.45, 7) is 0. The summed E-state index contributed by atoms with van der Waals surface area (Å²) in [4.78, 5) is 13.0. The molecule has 0 saturated heterocycles. The third kappa shape index (κ3) is 4.48. The van der Waals surface area contributed by atoms with E-state index in [1.807, 2.05) is 23.6 Å². The Kier molecular flexibility index (Phi) is 5.65. The Labute approximate surface area is 155 Å². The summed E-state index contributed by atoms with van der Waals surface area (Å²) in [6, 6.07) is 12.7. The van der Waals surface area contributed by atoms with Crippen molar-refractivity contribution in [2.45, 2.75) is 6.42 Å². The van der Waals surface area contributed by atoms with Gasteiger partial charge in [0.05, 0.1) is 26.3 Å². The van der Waals surface area contributed by atoms with Crippen molar-refractivity contribution in [3.8, 4) is 11.5 Å². The fourth-order valence-electron chi connectivity index (χ4n) is 2.27. The van der Waals surface area contributed by atoms with Gasteiger partial charge in [0.1, 0.15) is 11.5 Å². The summed E-state index contributed by atoms with van der Waals surface area (Å²) in [5.41, 5.74) is 0.704. The van der Waals surface area contributed by atoms with Gasteiger partial charge in [0.25, 0.3) is 0 Å². The summed E-state index contributed by atoms with van der Waals surface area (Å²) in [7, 11) is 3.18. The molecule has 0 aliphatic carbocycles. The van der Waals surface area contributed by atoms with E-state index < -0.39 is 0 Å². The predicted molar refractivity (Wildman–Crippen MR) is 102 cm³/mol. The first-order chi connectivity index (χ1) is 12.7. The SMILES string of the molecule is COc1ccc(OC)c(Nc2ccc(NC(=O)Cc3cccs3)nn2)c1. The van der Waals surface area contributed by atoms with Crippen LogP contribution in [0.4, 0.5) is 17.3 Å². The van der Waals surface area contributed by atoms with Crippen LogP contribution in [0.15, 0.2) is 47.8 Å². The van der Waals surface area contributed by atoms with E-state index in [4.69, 9.17) is 9.47 Å². The monoisotopic (exact) mass is 370 g/mol. The molecule has 7 nitrogen and oxygen atoms in total. The molecule has 2 heterocycles. The highest BCUT2D eigenvalue weighted by molar-refractivity contribution is 7.10. The van der Waals surface area contributed by atoms with Gasteiger partial charge in [0.15, 0.2) is 11.6 Å². The second-order valence-corrected chi connectivity index (χ2v) is 6.33. The van der Waals surface area contributed by atoms with E-state index in [0.717, 1.165) is 4.88 Å². The molecule has 0 aliphatic heterocycles. The lowest BCUT2D eigenvalue weighted by Gasteiger charge is -2.12. The molecule has 8 heteroatoms. The molecule has 1 amide bonds. The molecule has 3 rings (SSSR count). The van der Waals surface area contributed by atoms with Crippen molar-refractivity contribution in [3.63, 3.8) is 0 Å². The maximum Gasteiger partial charge on any atom is 0.230 e. The smallest absolute Gasteiger partial charge is 0.230 e. The molecule has 2 aromatic heterocycles. The first kappa shape index (κ1) is 17.7. The quantitative estimate of drug-likeness (QED) is 0.662. The number of nitrogens with one attached hydrogen (secondary N) is 2. The van der Waals surface area contributed by atoms with Crippen LogP contribution < -0.4 is 20.1 Å². The van der Waals surface area contributed by atoms with E-state index in [9.17, 15) is 4.79 Å². The van der Waals surface area contributed by atoms with E-state index in [1.165, 1.54) is 0 Å². The van der Waals surface area contributed by atoms with Gasteiger partial charge in [-0.1, -0.05) is 6.07 Å². The van der Waals surface area contributed by atoms with E-state index in [1.54, 1.807) is 49.8 Å². The number of ether oxygens (including phenoxy) is 2. The number of amides is 1. The minimum absolute atomic E-state index is 0.128. The number of hydrogen-bond acceptors (Lipinski definition) is 7. The maximum atomic E-state index is 12.0. The van der Waals surface area contributed by atoms with Crippen molar-refractivity contribution in [2.24, 2.45) is 0 Å². The van der Waals surface area contributed by atoms with Gasteiger partial charge in [-0.05, 0) is 35.7 Å². The third-order valence-corrected chi connectivity index (χ3v) is 4.39. The third-order valence-electron chi connectivity index (χ3n) is 3.52. The lowest BCUT2D eigenvalue weighted by molar-refractivity contribution is -0.115. The fourth-order valence-corrected chi connectivity index (χ4v) is 2.98. The van der Waals surface area contributed by atoms with Crippen molar-refractivity contribution in [3.05, 3.63) is 52.7 Å². The number of aromatic nitrogens is 2. The number of anilines is 3. The van der Waals surface area contributed by atoms with Gasteiger partial charge in [-0.25, -0.2) is 0 Å². The van der Waals surface area contributed by atoms with Crippen molar-refractivity contribution in [1.82, 2.24) is 10.2 Å². The maximum absolute atomic E-state index is 12.0. The second-order valence-electron chi connectivity index (χ2n) is 5.30. The summed E-state index contributed by atoms with van der Waals surface area (Å²) in [6.07, 6.45) is 0.320. The topological polar surface area (TPSA) is 85.4 Å². The average molecular weight is 370 g/mol. The van der Waals surface area contributed by atoms with Crippen LogP contribution in [-0.2, 0) is 11.2 Å².